The van der Waals surface area contributed by atoms with Crippen molar-refractivity contribution >= 4 is 22.8 Å². The molecule has 1 aliphatic rings. The number of fused-ring (bicyclic) bond motifs is 1. The average molecular weight is 363 g/mol. The molecule has 27 heavy (non-hydrogen) atoms. The van der Waals surface area contributed by atoms with Gasteiger partial charge in [-0.25, -0.2) is 9.67 Å². The predicted octanol–water partition coefficient (Wildman–Crippen LogP) is 1.82. The largest absolute Gasteiger partial charge is 0.369 e. The van der Waals surface area contributed by atoms with Crippen molar-refractivity contribution in [2.45, 2.75) is 19.4 Å². The lowest BCUT2D eigenvalue weighted by atomic mass is 9.97. The van der Waals surface area contributed by atoms with Crippen molar-refractivity contribution in [1.82, 2.24) is 19.7 Å². The number of carbonyl (C=O) groups excluding carboxylic acids is 2. The summed E-state index contributed by atoms with van der Waals surface area (Å²) in [6.45, 7) is 1.63. The third kappa shape index (κ3) is 3.53. The number of carbonyl (C=O) groups is 2. The Morgan fingerprint density at radius 2 is 2.00 bits per heavy atom. The Bertz CT molecular complexity index is 982. The van der Waals surface area contributed by atoms with Crippen LogP contribution in [0.3, 0.4) is 0 Å². The van der Waals surface area contributed by atoms with Crippen LogP contribution >= 0.6 is 0 Å². The van der Waals surface area contributed by atoms with E-state index in [0.717, 1.165) is 29.4 Å². The highest BCUT2D eigenvalue weighted by molar-refractivity contribution is 5.97. The minimum Gasteiger partial charge on any atom is -0.369 e. The van der Waals surface area contributed by atoms with Crippen molar-refractivity contribution in [1.29, 1.82) is 0 Å². The number of pyridine rings is 1. The molecule has 1 aliphatic heterocycles. The van der Waals surface area contributed by atoms with Crippen molar-refractivity contribution in [2.75, 3.05) is 13.1 Å². The van der Waals surface area contributed by atoms with Gasteiger partial charge in [-0.05, 0) is 24.5 Å². The summed E-state index contributed by atoms with van der Waals surface area (Å²) in [5.74, 6) is -0.734. The van der Waals surface area contributed by atoms with Crippen LogP contribution in [0, 0.1) is 5.92 Å². The van der Waals surface area contributed by atoms with Crippen molar-refractivity contribution in [3.8, 4) is 0 Å². The Morgan fingerprint density at radius 1 is 1.19 bits per heavy atom. The standard InChI is InChI=1S/C20H21N5O2/c21-18(26)15-7-4-8-24(13-15)20(27)17-9-16-11-23-25(19(16)22-10-17)12-14-5-2-1-3-6-14/h1-3,5-6,9-11,15H,4,7-8,12-13H2,(H2,21,26). The first kappa shape index (κ1) is 17.2. The molecule has 0 aliphatic carbocycles. The summed E-state index contributed by atoms with van der Waals surface area (Å²) in [7, 11) is 0. The molecule has 2 aromatic heterocycles. The van der Waals surface area contributed by atoms with E-state index in [1.165, 1.54) is 0 Å². The van der Waals surface area contributed by atoms with Gasteiger partial charge in [-0.15, -0.1) is 0 Å². The summed E-state index contributed by atoms with van der Waals surface area (Å²) in [6.07, 6.45) is 4.83. The molecule has 7 nitrogen and oxygen atoms in total. The van der Waals surface area contributed by atoms with Crippen LogP contribution < -0.4 is 5.73 Å². The predicted molar refractivity (Wildman–Crippen MR) is 101 cm³/mol. The van der Waals surface area contributed by atoms with Crippen LogP contribution in [0.1, 0.15) is 28.8 Å². The molecule has 0 bridgehead atoms. The van der Waals surface area contributed by atoms with E-state index in [0.29, 0.717) is 25.2 Å². The Labute approximate surface area is 156 Å². The SMILES string of the molecule is NC(=O)C1CCCN(C(=O)c2cnc3c(cnn3Cc3ccccc3)c2)C1. The summed E-state index contributed by atoms with van der Waals surface area (Å²) in [5, 5.41) is 5.23. The van der Waals surface area contributed by atoms with Gasteiger partial charge in [0.05, 0.1) is 24.2 Å². The van der Waals surface area contributed by atoms with Gasteiger partial charge in [-0.3, -0.25) is 9.59 Å². The number of aromatic nitrogens is 3. The molecule has 1 fully saturated rings. The number of likely N-dealkylation sites (tertiary alicyclic amines) is 1. The van der Waals surface area contributed by atoms with Crippen LogP contribution in [0.2, 0.25) is 0 Å². The average Bonchev–Trinajstić information content (AvgIpc) is 3.10. The molecule has 4 rings (SSSR count). The second-order valence-corrected chi connectivity index (χ2v) is 6.92. The van der Waals surface area contributed by atoms with Crippen molar-refractivity contribution in [3.05, 3.63) is 59.9 Å². The summed E-state index contributed by atoms with van der Waals surface area (Å²) in [4.78, 5) is 30.4. The molecule has 138 valence electrons. The normalized spacial score (nSPS) is 17.2. The molecule has 2 N–H and O–H groups in total. The zero-order chi connectivity index (χ0) is 18.8. The Balaban J connectivity index is 1.55. The Morgan fingerprint density at radius 3 is 2.78 bits per heavy atom. The third-order valence-electron chi connectivity index (χ3n) is 5.01. The van der Waals surface area contributed by atoms with Gasteiger partial charge >= 0.3 is 0 Å². The lowest BCUT2D eigenvalue weighted by molar-refractivity contribution is -0.123. The maximum Gasteiger partial charge on any atom is 0.255 e. The molecule has 1 unspecified atom stereocenters. The maximum absolute atomic E-state index is 12.8. The van der Waals surface area contributed by atoms with Gasteiger partial charge in [-0.1, -0.05) is 30.3 Å². The van der Waals surface area contributed by atoms with Crippen LogP contribution in [-0.2, 0) is 11.3 Å². The van der Waals surface area contributed by atoms with E-state index in [1.54, 1.807) is 17.3 Å². The highest BCUT2D eigenvalue weighted by atomic mass is 16.2. The summed E-state index contributed by atoms with van der Waals surface area (Å²) < 4.78 is 1.82. The van der Waals surface area contributed by atoms with E-state index in [9.17, 15) is 9.59 Å². The monoisotopic (exact) mass is 363 g/mol. The Kier molecular flexibility index (Phi) is 4.58. The van der Waals surface area contributed by atoms with Gasteiger partial charge in [0.1, 0.15) is 0 Å². The maximum atomic E-state index is 12.8. The summed E-state index contributed by atoms with van der Waals surface area (Å²) >= 11 is 0. The molecular weight excluding hydrogens is 342 g/mol. The first-order valence-electron chi connectivity index (χ1n) is 9.06. The van der Waals surface area contributed by atoms with Crippen molar-refractivity contribution in [2.24, 2.45) is 11.7 Å². The zero-order valence-corrected chi connectivity index (χ0v) is 14.9. The number of nitrogens with two attached hydrogens (primary N) is 1. The number of hydrogen-bond acceptors (Lipinski definition) is 4. The third-order valence-corrected chi connectivity index (χ3v) is 5.01. The number of nitrogens with zero attached hydrogens (tertiary/aromatic N) is 4. The fourth-order valence-electron chi connectivity index (χ4n) is 3.54. The van der Waals surface area contributed by atoms with E-state index in [4.69, 9.17) is 5.73 Å². The molecule has 3 heterocycles. The van der Waals surface area contributed by atoms with E-state index in [1.807, 2.05) is 41.1 Å². The Hall–Kier alpha value is -3.22. The zero-order valence-electron chi connectivity index (χ0n) is 14.9. The molecule has 1 saturated heterocycles. The number of piperidine rings is 1. The van der Waals surface area contributed by atoms with Crippen molar-refractivity contribution in [3.63, 3.8) is 0 Å². The number of amides is 2. The van der Waals surface area contributed by atoms with E-state index in [-0.39, 0.29) is 17.7 Å². The molecule has 0 saturated carbocycles. The topological polar surface area (TPSA) is 94.1 Å². The molecule has 7 heteroatoms. The summed E-state index contributed by atoms with van der Waals surface area (Å²) in [6, 6.07) is 11.8. The van der Waals surface area contributed by atoms with Gasteiger partial charge in [0.2, 0.25) is 5.91 Å². The van der Waals surface area contributed by atoms with Gasteiger partial charge < -0.3 is 10.6 Å². The summed E-state index contributed by atoms with van der Waals surface area (Å²) in [5.41, 5.74) is 7.79. The van der Waals surface area contributed by atoms with E-state index >= 15 is 0 Å². The minimum atomic E-state index is -0.344. The fourth-order valence-corrected chi connectivity index (χ4v) is 3.54. The van der Waals surface area contributed by atoms with Crippen LogP contribution in [-0.4, -0.2) is 44.6 Å². The second kappa shape index (κ2) is 7.19. The molecule has 0 radical (unpaired) electrons. The van der Waals surface area contributed by atoms with Crippen molar-refractivity contribution < 1.29 is 9.59 Å². The highest BCUT2D eigenvalue weighted by Gasteiger charge is 2.27. The van der Waals surface area contributed by atoms with Gasteiger partial charge in [0.15, 0.2) is 5.65 Å². The number of primary amides is 1. The van der Waals surface area contributed by atoms with Gasteiger partial charge in [0.25, 0.3) is 5.91 Å². The van der Waals surface area contributed by atoms with Crippen LogP contribution in [0.5, 0.6) is 0 Å². The number of hydrogen-bond donors (Lipinski definition) is 1. The molecule has 3 aromatic rings. The molecule has 0 spiro atoms. The smallest absolute Gasteiger partial charge is 0.255 e. The van der Waals surface area contributed by atoms with Gasteiger partial charge in [-0.2, -0.15) is 5.10 Å². The van der Waals surface area contributed by atoms with E-state index < -0.39 is 0 Å². The first-order valence-corrected chi connectivity index (χ1v) is 9.06. The number of benzene rings is 1. The van der Waals surface area contributed by atoms with Crippen LogP contribution in [0.15, 0.2) is 48.8 Å². The molecular formula is C20H21N5O2. The van der Waals surface area contributed by atoms with Gasteiger partial charge in [0, 0.05) is 24.7 Å². The second-order valence-electron chi connectivity index (χ2n) is 6.92. The minimum absolute atomic E-state index is 0.119. The van der Waals surface area contributed by atoms with Crippen LogP contribution in [0.25, 0.3) is 11.0 Å². The molecule has 1 atom stereocenters. The van der Waals surface area contributed by atoms with E-state index in [2.05, 4.69) is 10.1 Å². The fraction of sp³-hybridized carbons (Fsp3) is 0.300. The molecule has 2 amide bonds. The van der Waals surface area contributed by atoms with Crippen LogP contribution in [0.4, 0.5) is 0 Å². The lowest BCUT2D eigenvalue weighted by Gasteiger charge is -2.31. The highest BCUT2D eigenvalue weighted by Crippen LogP contribution is 2.20. The number of rotatable bonds is 4. The quantitative estimate of drug-likeness (QED) is 0.765. The lowest BCUT2D eigenvalue weighted by Crippen LogP contribution is -2.44. The molecule has 1 aromatic carbocycles. The first-order chi connectivity index (χ1) is 13.1.